The molecule has 7 heteroatoms. The third-order valence-electron chi connectivity index (χ3n) is 4.94. The zero-order valence-electron chi connectivity index (χ0n) is 16.5. The smallest absolute Gasteiger partial charge is 0.253 e. The van der Waals surface area contributed by atoms with E-state index in [1.54, 1.807) is 0 Å². The van der Waals surface area contributed by atoms with Gasteiger partial charge in [0.1, 0.15) is 0 Å². The van der Waals surface area contributed by atoms with Crippen LogP contribution in [0.15, 0.2) is 48.5 Å². The monoisotopic (exact) mass is 432 g/mol. The Labute approximate surface area is 183 Å². The number of aromatic nitrogens is 2. The van der Waals surface area contributed by atoms with Gasteiger partial charge in [0.05, 0.1) is 11.2 Å². The molecule has 0 radical (unpaired) electrons. The van der Waals surface area contributed by atoms with E-state index in [9.17, 15) is 4.79 Å². The zero-order valence-corrected chi connectivity index (χ0v) is 18.1. The predicted octanol–water partition coefficient (Wildman–Crippen LogP) is 4.40. The first-order chi connectivity index (χ1) is 13.1. The standard InChI is InChI=1S/C22H24N4O.2ClH/c1-15-13-26(14-16(2)23-15)22(27)18-10-7-17(8-11-18)9-12-21-19-5-3-4-6-20(19)24-25-21;;/h3-12,15-16,23H,13-14H2,1-2H3,(H,24,25);2*1H. The lowest BCUT2D eigenvalue weighted by atomic mass is 10.1. The molecule has 1 amide bonds. The maximum absolute atomic E-state index is 12.8. The van der Waals surface area contributed by atoms with Crippen LogP contribution in [0.4, 0.5) is 0 Å². The Morgan fingerprint density at radius 1 is 1.00 bits per heavy atom. The van der Waals surface area contributed by atoms with E-state index in [0.717, 1.165) is 40.8 Å². The Bertz CT molecular complexity index is 974. The third-order valence-corrected chi connectivity index (χ3v) is 4.94. The van der Waals surface area contributed by atoms with Crippen molar-refractivity contribution >= 4 is 53.8 Å². The normalized spacial score (nSPS) is 19.0. The molecule has 1 aliphatic heterocycles. The molecule has 2 heterocycles. The summed E-state index contributed by atoms with van der Waals surface area (Å²) in [6, 6.07) is 16.5. The number of halogens is 2. The highest BCUT2D eigenvalue weighted by molar-refractivity contribution is 5.95. The number of aromatic amines is 1. The summed E-state index contributed by atoms with van der Waals surface area (Å²) < 4.78 is 0. The van der Waals surface area contributed by atoms with Crippen molar-refractivity contribution in [3.05, 3.63) is 65.4 Å². The van der Waals surface area contributed by atoms with Crippen LogP contribution in [0.25, 0.3) is 23.1 Å². The lowest BCUT2D eigenvalue weighted by Gasteiger charge is -2.36. The van der Waals surface area contributed by atoms with Crippen LogP contribution in [0.5, 0.6) is 0 Å². The van der Waals surface area contributed by atoms with Crippen molar-refractivity contribution in [1.29, 1.82) is 0 Å². The molecule has 0 aliphatic carbocycles. The highest BCUT2D eigenvalue weighted by atomic mass is 35.5. The van der Waals surface area contributed by atoms with Crippen LogP contribution in [-0.2, 0) is 0 Å². The number of benzene rings is 2. The van der Waals surface area contributed by atoms with Gasteiger partial charge in [0.2, 0.25) is 0 Å². The molecule has 1 aliphatic rings. The first-order valence-electron chi connectivity index (χ1n) is 9.37. The summed E-state index contributed by atoms with van der Waals surface area (Å²) >= 11 is 0. The molecule has 1 fully saturated rings. The van der Waals surface area contributed by atoms with Gasteiger partial charge in [-0.3, -0.25) is 9.89 Å². The Hall–Kier alpha value is -2.34. The van der Waals surface area contributed by atoms with Crippen LogP contribution < -0.4 is 5.32 Å². The molecular formula is C22H26Cl2N4O. The van der Waals surface area contributed by atoms with E-state index in [4.69, 9.17) is 0 Å². The van der Waals surface area contributed by atoms with E-state index < -0.39 is 0 Å². The first kappa shape index (κ1) is 22.9. The molecule has 29 heavy (non-hydrogen) atoms. The fourth-order valence-electron chi connectivity index (χ4n) is 3.70. The van der Waals surface area contributed by atoms with Gasteiger partial charge in [-0.1, -0.05) is 36.4 Å². The van der Waals surface area contributed by atoms with E-state index in [1.807, 2.05) is 59.5 Å². The second-order valence-electron chi connectivity index (χ2n) is 7.29. The SMILES string of the molecule is CC1CN(C(=O)c2ccc(C=Cc3n[nH]c4ccccc34)cc2)CC(C)N1.Cl.Cl. The molecule has 0 bridgehead atoms. The number of rotatable bonds is 3. The number of nitrogens with zero attached hydrogens (tertiary/aromatic N) is 2. The van der Waals surface area contributed by atoms with Crippen molar-refractivity contribution in [2.75, 3.05) is 13.1 Å². The molecule has 1 aromatic heterocycles. The Kier molecular flexibility index (Phi) is 7.85. The van der Waals surface area contributed by atoms with Gasteiger partial charge in [0, 0.05) is 36.1 Å². The Morgan fingerprint density at radius 2 is 1.66 bits per heavy atom. The summed E-state index contributed by atoms with van der Waals surface area (Å²) in [6.07, 6.45) is 4.02. The zero-order chi connectivity index (χ0) is 18.8. The van der Waals surface area contributed by atoms with Gasteiger partial charge in [0.25, 0.3) is 5.91 Å². The van der Waals surface area contributed by atoms with Gasteiger partial charge in [-0.15, -0.1) is 24.8 Å². The number of para-hydroxylation sites is 1. The molecule has 2 unspecified atom stereocenters. The van der Waals surface area contributed by atoms with Crippen molar-refractivity contribution < 1.29 is 4.79 Å². The topological polar surface area (TPSA) is 61.0 Å². The Morgan fingerprint density at radius 3 is 2.34 bits per heavy atom. The average molecular weight is 433 g/mol. The number of carbonyl (C=O) groups excluding carboxylic acids is 1. The molecule has 2 atom stereocenters. The third kappa shape index (κ3) is 5.18. The summed E-state index contributed by atoms with van der Waals surface area (Å²) in [7, 11) is 0. The summed E-state index contributed by atoms with van der Waals surface area (Å²) in [5.41, 5.74) is 3.71. The summed E-state index contributed by atoms with van der Waals surface area (Å²) in [6.45, 7) is 5.72. The molecule has 2 N–H and O–H groups in total. The van der Waals surface area contributed by atoms with Crippen LogP contribution >= 0.6 is 24.8 Å². The van der Waals surface area contributed by atoms with Gasteiger partial charge in [-0.05, 0) is 43.7 Å². The van der Waals surface area contributed by atoms with E-state index in [0.29, 0.717) is 12.1 Å². The number of nitrogens with one attached hydrogen (secondary N) is 2. The molecule has 154 valence electrons. The number of fused-ring (bicyclic) bond motifs is 1. The largest absolute Gasteiger partial charge is 0.336 e. The molecule has 0 spiro atoms. The van der Waals surface area contributed by atoms with Crippen molar-refractivity contribution in [2.24, 2.45) is 0 Å². The number of carbonyl (C=O) groups is 1. The average Bonchev–Trinajstić information content (AvgIpc) is 3.09. The van der Waals surface area contributed by atoms with Crippen molar-refractivity contribution in [3.8, 4) is 0 Å². The van der Waals surface area contributed by atoms with E-state index in [2.05, 4.69) is 35.4 Å². The number of H-pyrrole nitrogens is 1. The van der Waals surface area contributed by atoms with Gasteiger partial charge < -0.3 is 10.2 Å². The maximum atomic E-state index is 12.8. The van der Waals surface area contributed by atoms with Crippen LogP contribution in [0, 0.1) is 0 Å². The molecule has 2 aromatic carbocycles. The minimum absolute atomic E-state index is 0. The van der Waals surface area contributed by atoms with Gasteiger partial charge in [-0.2, -0.15) is 5.10 Å². The van der Waals surface area contributed by atoms with Crippen molar-refractivity contribution in [1.82, 2.24) is 20.4 Å². The van der Waals surface area contributed by atoms with Crippen LogP contribution in [-0.4, -0.2) is 46.2 Å². The van der Waals surface area contributed by atoms with Gasteiger partial charge in [0.15, 0.2) is 0 Å². The predicted molar refractivity (Wildman–Crippen MR) is 124 cm³/mol. The molecule has 4 rings (SSSR count). The summed E-state index contributed by atoms with van der Waals surface area (Å²) in [5, 5.41) is 11.9. The van der Waals surface area contributed by atoms with Gasteiger partial charge >= 0.3 is 0 Å². The second kappa shape index (κ2) is 9.92. The number of hydrogen-bond acceptors (Lipinski definition) is 3. The van der Waals surface area contributed by atoms with Crippen LogP contribution in [0.2, 0.25) is 0 Å². The van der Waals surface area contributed by atoms with Crippen LogP contribution in [0.1, 0.15) is 35.5 Å². The number of piperazine rings is 1. The molecule has 5 nitrogen and oxygen atoms in total. The minimum Gasteiger partial charge on any atom is -0.336 e. The summed E-state index contributed by atoms with van der Waals surface area (Å²) in [4.78, 5) is 14.7. The summed E-state index contributed by atoms with van der Waals surface area (Å²) in [5.74, 6) is 0.101. The first-order valence-corrected chi connectivity index (χ1v) is 9.37. The van der Waals surface area contributed by atoms with E-state index in [-0.39, 0.29) is 30.7 Å². The minimum atomic E-state index is 0. The molecule has 1 saturated heterocycles. The maximum Gasteiger partial charge on any atom is 0.253 e. The van der Waals surface area contributed by atoms with E-state index in [1.165, 1.54) is 0 Å². The fourth-order valence-corrected chi connectivity index (χ4v) is 3.70. The number of hydrogen-bond donors (Lipinski definition) is 2. The number of amides is 1. The quantitative estimate of drug-likeness (QED) is 0.644. The lowest BCUT2D eigenvalue weighted by molar-refractivity contribution is 0.0674. The fraction of sp³-hybridized carbons (Fsp3) is 0.273. The lowest BCUT2D eigenvalue weighted by Crippen LogP contribution is -2.55. The highest BCUT2D eigenvalue weighted by Crippen LogP contribution is 2.18. The van der Waals surface area contributed by atoms with Crippen LogP contribution in [0.3, 0.4) is 0 Å². The van der Waals surface area contributed by atoms with Crippen molar-refractivity contribution in [3.63, 3.8) is 0 Å². The Balaban J connectivity index is 0.00000150. The molecule has 0 saturated carbocycles. The molecule has 3 aromatic rings. The van der Waals surface area contributed by atoms with E-state index >= 15 is 0 Å². The molecular weight excluding hydrogens is 407 g/mol. The highest BCUT2D eigenvalue weighted by Gasteiger charge is 2.25. The van der Waals surface area contributed by atoms with Gasteiger partial charge in [-0.25, -0.2) is 0 Å². The van der Waals surface area contributed by atoms with Crippen molar-refractivity contribution in [2.45, 2.75) is 25.9 Å². The second-order valence-corrected chi connectivity index (χ2v) is 7.29.